The van der Waals surface area contributed by atoms with E-state index in [4.69, 9.17) is 4.74 Å². The zero-order valence-corrected chi connectivity index (χ0v) is 16.0. The standard InChI is InChI=1S/C19H23FN2O3S/c1-19(2,3)25-18(24)22-10-5-4-8-14(22)17(23)21-16-11-12-13(20)7-6-9-15(12)26-16/h6-7,9,11,14H,4-5,8,10H2,1-3H3,(H,21,23)/t14-/m0/s1. The number of ether oxygens (including phenoxy) is 1. The van der Waals surface area contributed by atoms with E-state index >= 15 is 0 Å². The van der Waals surface area contributed by atoms with Gasteiger partial charge in [-0.2, -0.15) is 0 Å². The van der Waals surface area contributed by atoms with E-state index in [9.17, 15) is 14.0 Å². The lowest BCUT2D eigenvalue weighted by atomic mass is 10.0. The average Bonchev–Trinajstić information content (AvgIpc) is 2.97. The van der Waals surface area contributed by atoms with Crippen molar-refractivity contribution in [3.05, 3.63) is 30.1 Å². The average molecular weight is 378 g/mol. The molecule has 140 valence electrons. The van der Waals surface area contributed by atoms with Gasteiger partial charge >= 0.3 is 6.09 Å². The minimum absolute atomic E-state index is 0.262. The Hall–Kier alpha value is -2.15. The summed E-state index contributed by atoms with van der Waals surface area (Å²) in [5.74, 6) is -0.574. The second kappa shape index (κ2) is 7.23. The van der Waals surface area contributed by atoms with Crippen molar-refractivity contribution < 1.29 is 18.7 Å². The first kappa shape index (κ1) is 18.6. The molecular weight excluding hydrogens is 355 g/mol. The molecule has 0 radical (unpaired) electrons. The molecule has 1 aromatic heterocycles. The number of nitrogens with zero attached hydrogens (tertiary/aromatic N) is 1. The predicted molar refractivity (Wildman–Crippen MR) is 101 cm³/mol. The van der Waals surface area contributed by atoms with Gasteiger partial charge in [0.15, 0.2) is 0 Å². The molecular formula is C19H23FN2O3S. The van der Waals surface area contributed by atoms with Crippen LogP contribution in [-0.4, -0.2) is 35.1 Å². The molecule has 2 aromatic rings. The SMILES string of the molecule is CC(C)(C)OC(=O)N1CCCC[C@H]1C(=O)Nc1cc2c(F)cccc2s1. The number of rotatable bonds is 2. The molecule has 3 rings (SSSR count). The minimum Gasteiger partial charge on any atom is -0.444 e. The molecule has 0 unspecified atom stereocenters. The van der Waals surface area contributed by atoms with Crippen molar-refractivity contribution in [2.24, 2.45) is 0 Å². The van der Waals surface area contributed by atoms with Gasteiger partial charge in [-0.15, -0.1) is 11.3 Å². The van der Waals surface area contributed by atoms with Crippen molar-refractivity contribution in [1.29, 1.82) is 0 Å². The van der Waals surface area contributed by atoms with Crippen LogP contribution in [-0.2, 0) is 9.53 Å². The number of fused-ring (bicyclic) bond motifs is 1. The molecule has 1 aliphatic rings. The number of thiophene rings is 1. The highest BCUT2D eigenvalue weighted by molar-refractivity contribution is 7.23. The van der Waals surface area contributed by atoms with Crippen LogP contribution in [0.5, 0.6) is 0 Å². The second-order valence-corrected chi connectivity index (χ2v) is 8.52. The van der Waals surface area contributed by atoms with E-state index in [1.54, 1.807) is 32.9 Å². The molecule has 1 N–H and O–H groups in total. The van der Waals surface area contributed by atoms with Crippen LogP contribution >= 0.6 is 11.3 Å². The van der Waals surface area contributed by atoms with Crippen LogP contribution in [0.15, 0.2) is 24.3 Å². The fourth-order valence-electron chi connectivity index (χ4n) is 3.03. The van der Waals surface area contributed by atoms with Gasteiger partial charge in [0, 0.05) is 16.6 Å². The van der Waals surface area contributed by atoms with Crippen molar-refractivity contribution in [2.45, 2.75) is 51.7 Å². The first-order valence-corrected chi connectivity index (χ1v) is 9.55. The lowest BCUT2D eigenvalue weighted by molar-refractivity contribution is -0.122. The Morgan fingerprint density at radius 2 is 2.08 bits per heavy atom. The van der Waals surface area contributed by atoms with Gasteiger partial charge in [-0.25, -0.2) is 9.18 Å². The van der Waals surface area contributed by atoms with E-state index in [1.165, 1.54) is 22.3 Å². The van der Waals surface area contributed by atoms with Crippen LogP contribution < -0.4 is 5.32 Å². The lowest BCUT2D eigenvalue weighted by Crippen LogP contribution is -2.51. The molecule has 0 spiro atoms. The number of carbonyl (C=O) groups excluding carboxylic acids is 2. The summed E-state index contributed by atoms with van der Waals surface area (Å²) in [7, 11) is 0. The number of halogens is 1. The van der Waals surface area contributed by atoms with Gasteiger partial charge in [0.25, 0.3) is 0 Å². The summed E-state index contributed by atoms with van der Waals surface area (Å²) in [6, 6.07) is 5.91. The lowest BCUT2D eigenvalue weighted by Gasteiger charge is -2.35. The minimum atomic E-state index is -0.613. The van der Waals surface area contributed by atoms with Gasteiger partial charge in [0.05, 0.1) is 5.00 Å². The highest BCUT2D eigenvalue weighted by Crippen LogP contribution is 2.32. The molecule has 7 heteroatoms. The Labute approximate surface area is 156 Å². The van der Waals surface area contributed by atoms with Crippen LogP contribution in [0, 0.1) is 5.82 Å². The third kappa shape index (κ3) is 4.15. The van der Waals surface area contributed by atoms with Crippen LogP contribution in [0.1, 0.15) is 40.0 Å². The van der Waals surface area contributed by atoms with Gasteiger partial charge in [0.2, 0.25) is 5.91 Å². The van der Waals surface area contributed by atoms with Crippen molar-refractivity contribution >= 4 is 38.4 Å². The molecule has 1 aliphatic heterocycles. The van der Waals surface area contributed by atoms with Crippen LogP contribution in [0.4, 0.5) is 14.2 Å². The van der Waals surface area contributed by atoms with E-state index in [2.05, 4.69) is 5.32 Å². The van der Waals surface area contributed by atoms with E-state index in [0.717, 1.165) is 17.5 Å². The Morgan fingerprint density at radius 1 is 1.31 bits per heavy atom. The molecule has 1 saturated heterocycles. The molecule has 0 bridgehead atoms. The zero-order valence-electron chi connectivity index (χ0n) is 15.2. The Morgan fingerprint density at radius 3 is 2.77 bits per heavy atom. The number of hydrogen-bond acceptors (Lipinski definition) is 4. The molecule has 1 fully saturated rings. The topological polar surface area (TPSA) is 58.6 Å². The summed E-state index contributed by atoms with van der Waals surface area (Å²) in [5.41, 5.74) is -0.613. The summed E-state index contributed by atoms with van der Waals surface area (Å²) in [5, 5.41) is 3.90. The molecule has 5 nitrogen and oxygen atoms in total. The maximum atomic E-state index is 13.8. The summed E-state index contributed by atoms with van der Waals surface area (Å²) >= 11 is 1.32. The highest BCUT2D eigenvalue weighted by atomic mass is 32.1. The number of benzene rings is 1. The third-order valence-corrected chi connectivity index (χ3v) is 5.20. The van der Waals surface area contributed by atoms with Crippen LogP contribution in [0.3, 0.4) is 0 Å². The molecule has 1 aromatic carbocycles. The molecule has 0 aliphatic carbocycles. The number of piperidine rings is 1. The van der Waals surface area contributed by atoms with E-state index in [1.807, 2.05) is 6.07 Å². The first-order valence-electron chi connectivity index (χ1n) is 8.73. The molecule has 0 saturated carbocycles. The number of hydrogen-bond donors (Lipinski definition) is 1. The van der Waals surface area contributed by atoms with Gasteiger partial charge in [-0.3, -0.25) is 9.69 Å². The van der Waals surface area contributed by atoms with Gasteiger partial charge in [-0.05, 0) is 58.2 Å². The molecule has 2 amide bonds. The smallest absolute Gasteiger partial charge is 0.410 e. The summed E-state index contributed by atoms with van der Waals surface area (Å²) in [6.45, 7) is 5.90. The monoisotopic (exact) mass is 378 g/mol. The van der Waals surface area contributed by atoms with Crippen molar-refractivity contribution in [3.8, 4) is 0 Å². The van der Waals surface area contributed by atoms with Gasteiger partial charge < -0.3 is 10.1 Å². The maximum absolute atomic E-state index is 13.8. The number of amides is 2. The zero-order chi connectivity index (χ0) is 18.9. The third-order valence-electron chi connectivity index (χ3n) is 4.19. The van der Waals surface area contributed by atoms with Crippen LogP contribution in [0.2, 0.25) is 0 Å². The number of anilines is 1. The van der Waals surface area contributed by atoms with Gasteiger partial charge in [-0.1, -0.05) is 6.07 Å². The molecule has 2 heterocycles. The summed E-state index contributed by atoms with van der Waals surface area (Å²) < 4.78 is 20.0. The van der Waals surface area contributed by atoms with Crippen molar-refractivity contribution in [3.63, 3.8) is 0 Å². The van der Waals surface area contributed by atoms with Crippen LogP contribution in [0.25, 0.3) is 10.1 Å². The quantitative estimate of drug-likeness (QED) is 0.819. The second-order valence-electron chi connectivity index (χ2n) is 7.44. The number of nitrogens with one attached hydrogen (secondary N) is 1. The fraction of sp³-hybridized carbons (Fsp3) is 0.474. The van der Waals surface area contributed by atoms with Crippen molar-refractivity contribution in [2.75, 3.05) is 11.9 Å². The Bertz CT molecular complexity index is 828. The predicted octanol–water partition coefficient (Wildman–Crippen LogP) is 4.77. The van der Waals surface area contributed by atoms with Gasteiger partial charge in [0.1, 0.15) is 17.5 Å². The molecule has 1 atom stereocenters. The van der Waals surface area contributed by atoms with Crippen molar-refractivity contribution in [1.82, 2.24) is 4.90 Å². The Kier molecular flexibility index (Phi) is 5.18. The number of likely N-dealkylation sites (tertiary alicyclic amines) is 1. The normalized spacial score (nSPS) is 18.0. The maximum Gasteiger partial charge on any atom is 0.410 e. The van der Waals surface area contributed by atoms with E-state index < -0.39 is 17.7 Å². The number of carbonyl (C=O) groups is 2. The first-order chi connectivity index (χ1) is 12.2. The molecule has 26 heavy (non-hydrogen) atoms. The Balaban J connectivity index is 1.75. The largest absolute Gasteiger partial charge is 0.444 e. The fourth-order valence-corrected chi connectivity index (χ4v) is 4.01. The summed E-state index contributed by atoms with van der Waals surface area (Å²) in [4.78, 5) is 26.7. The van der Waals surface area contributed by atoms with E-state index in [0.29, 0.717) is 23.4 Å². The highest BCUT2D eigenvalue weighted by Gasteiger charge is 2.35. The van der Waals surface area contributed by atoms with E-state index in [-0.39, 0.29) is 11.7 Å². The summed E-state index contributed by atoms with van der Waals surface area (Å²) in [6.07, 6.45) is 1.83.